The summed E-state index contributed by atoms with van der Waals surface area (Å²) in [6.07, 6.45) is 1.39. The summed E-state index contributed by atoms with van der Waals surface area (Å²) in [4.78, 5) is 39.5. The smallest absolute Gasteiger partial charge is 0.329 e. The van der Waals surface area contributed by atoms with E-state index in [0.29, 0.717) is 0 Å². The predicted molar refractivity (Wildman–Crippen MR) is 56.5 cm³/mol. The molecule has 6 nitrogen and oxygen atoms in total. The highest BCUT2D eigenvalue weighted by atomic mass is 16.4. The Kier molecular flexibility index (Phi) is 2.23. The van der Waals surface area contributed by atoms with E-state index >= 15 is 0 Å². The predicted octanol–water partition coefficient (Wildman–Crippen LogP) is 0.541. The first kappa shape index (κ1) is 11.3. The molecule has 0 fully saturated rings. The average Bonchev–Trinajstić information content (AvgIpc) is 2.52. The Balaban J connectivity index is 2.54. The molecular weight excluding hydrogens is 224 g/mol. The number of carboxylic acid groups (broad SMARTS) is 1. The lowest BCUT2D eigenvalue weighted by Crippen LogP contribution is -2.52. The van der Waals surface area contributed by atoms with Gasteiger partial charge in [0.15, 0.2) is 0 Å². The normalized spacial score (nSPS) is 15.1. The van der Waals surface area contributed by atoms with Gasteiger partial charge in [-0.2, -0.15) is 0 Å². The first-order valence-corrected chi connectivity index (χ1v) is 4.94. The van der Waals surface area contributed by atoms with Gasteiger partial charge in [0, 0.05) is 6.20 Å². The number of hydrogen-bond donors (Lipinski definition) is 1. The molecular formula is C11H10N2O4. The van der Waals surface area contributed by atoms with E-state index in [4.69, 9.17) is 5.11 Å². The van der Waals surface area contributed by atoms with Crippen molar-refractivity contribution in [3.8, 4) is 0 Å². The van der Waals surface area contributed by atoms with E-state index in [1.165, 1.54) is 32.2 Å². The van der Waals surface area contributed by atoms with E-state index in [1.807, 2.05) is 0 Å². The number of carbonyl (C=O) groups excluding carboxylic acids is 2. The lowest BCUT2D eigenvalue weighted by Gasteiger charge is -2.28. The maximum atomic E-state index is 12.0. The van der Waals surface area contributed by atoms with Crippen molar-refractivity contribution in [3.63, 3.8) is 0 Å². The topological polar surface area (TPSA) is 87.6 Å². The molecule has 0 radical (unpaired) electrons. The maximum absolute atomic E-state index is 12.0. The number of pyridine rings is 1. The molecule has 1 aromatic heterocycles. The van der Waals surface area contributed by atoms with Crippen molar-refractivity contribution in [1.82, 2.24) is 9.88 Å². The molecule has 1 aliphatic heterocycles. The lowest BCUT2D eigenvalue weighted by atomic mass is 10.0. The van der Waals surface area contributed by atoms with Crippen molar-refractivity contribution in [2.45, 2.75) is 19.4 Å². The summed E-state index contributed by atoms with van der Waals surface area (Å²) in [5, 5.41) is 9.05. The number of carbonyl (C=O) groups is 3. The van der Waals surface area contributed by atoms with Crippen LogP contribution >= 0.6 is 0 Å². The SMILES string of the molecule is CC(C)(C(=O)O)N1C(=O)c2cccnc2C1=O. The molecule has 1 aliphatic rings. The Hall–Kier alpha value is -2.24. The number of imide groups is 1. The molecule has 1 N–H and O–H groups in total. The molecule has 0 saturated heterocycles. The molecule has 2 amide bonds. The maximum Gasteiger partial charge on any atom is 0.329 e. The lowest BCUT2D eigenvalue weighted by molar-refractivity contribution is -0.146. The number of nitrogens with zero attached hydrogens (tertiary/aromatic N) is 2. The Morgan fingerprint density at radius 3 is 2.53 bits per heavy atom. The number of aromatic nitrogens is 1. The summed E-state index contributed by atoms with van der Waals surface area (Å²) in [5.74, 6) is -2.53. The molecule has 88 valence electrons. The van der Waals surface area contributed by atoms with Crippen LogP contribution in [-0.2, 0) is 4.79 Å². The van der Waals surface area contributed by atoms with E-state index in [-0.39, 0.29) is 11.3 Å². The highest BCUT2D eigenvalue weighted by Crippen LogP contribution is 2.28. The van der Waals surface area contributed by atoms with Crippen LogP contribution in [0.25, 0.3) is 0 Å². The van der Waals surface area contributed by atoms with E-state index in [2.05, 4.69) is 4.98 Å². The van der Waals surface area contributed by atoms with Crippen LogP contribution in [0.3, 0.4) is 0 Å². The second-order valence-electron chi connectivity index (χ2n) is 4.21. The van der Waals surface area contributed by atoms with Crippen molar-refractivity contribution >= 4 is 17.8 Å². The zero-order valence-corrected chi connectivity index (χ0v) is 9.30. The van der Waals surface area contributed by atoms with Crippen LogP contribution in [0.1, 0.15) is 34.7 Å². The molecule has 0 saturated carbocycles. The Bertz CT molecular complexity index is 501. The van der Waals surface area contributed by atoms with Crippen molar-refractivity contribution in [1.29, 1.82) is 0 Å². The number of amides is 2. The zero-order valence-electron chi connectivity index (χ0n) is 9.30. The van der Waals surface area contributed by atoms with Crippen molar-refractivity contribution in [2.75, 3.05) is 0 Å². The summed E-state index contributed by atoms with van der Waals surface area (Å²) in [5.41, 5.74) is -1.44. The fourth-order valence-electron chi connectivity index (χ4n) is 1.67. The highest BCUT2D eigenvalue weighted by Gasteiger charge is 2.48. The molecule has 0 bridgehead atoms. The summed E-state index contributed by atoms with van der Waals surface area (Å²) < 4.78 is 0. The number of fused-ring (bicyclic) bond motifs is 1. The standard InChI is InChI=1S/C11H10N2O4/c1-11(2,10(16)17)13-8(14)6-4-3-5-12-7(6)9(13)15/h3-5H,1-2H3,(H,16,17). The third-order valence-electron chi connectivity index (χ3n) is 2.73. The summed E-state index contributed by atoms with van der Waals surface area (Å²) in [7, 11) is 0. The van der Waals surface area contributed by atoms with Crippen LogP contribution in [0, 0.1) is 0 Å². The number of aliphatic carboxylic acids is 1. The summed E-state index contributed by atoms with van der Waals surface area (Å²) in [6.45, 7) is 2.61. The Labute approximate surface area is 96.9 Å². The van der Waals surface area contributed by atoms with Gasteiger partial charge in [0.2, 0.25) is 0 Å². The molecule has 6 heteroatoms. The molecule has 17 heavy (non-hydrogen) atoms. The van der Waals surface area contributed by atoms with Gasteiger partial charge in [-0.25, -0.2) is 4.79 Å². The van der Waals surface area contributed by atoms with Crippen molar-refractivity contribution in [2.24, 2.45) is 0 Å². The molecule has 2 heterocycles. The third-order valence-corrected chi connectivity index (χ3v) is 2.73. The monoisotopic (exact) mass is 234 g/mol. The first-order valence-electron chi connectivity index (χ1n) is 4.94. The van der Waals surface area contributed by atoms with Gasteiger partial charge in [-0.1, -0.05) is 0 Å². The second-order valence-corrected chi connectivity index (χ2v) is 4.21. The zero-order chi connectivity index (χ0) is 12.8. The first-order chi connectivity index (χ1) is 7.87. The van der Waals surface area contributed by atoms with E-state index in [0.717, 1.165) is 4.90 Å². The van der Waals surface area contributed by atoms with Gasteiger partial charge in [-0.15, -0.1) is 0 Å². The van der Waals surface area contributed by atoms with Gasteiger partial charge in [-0.3, -0.25) is 19.5 Å². The van der Waals surface area contributed by atoms with Crippen LogP contribution in [-0.4, -0.2) is 38.3 Å². The highest BCUT2D eigenvalue weighted by molar-refractivity contribution is 6.22. The Morgan fingerprint density at radius 2 is 2.00 bits per heavy atom. The molecule has 0 unspecified atom stereocenters. The summed E-state index contributed by atoms with van der Waals surface area (Å²) in [6, 6.07) is 2.99. The minimum atomic E-state index is -1.59. The third kappa shape index (κ3) is 1.41. The van der Waals surface area contributed by atoms with Crippen LogP contribution in [0.2, 0.25) is 0 Å². The minimum absolute atomic E-state index is 0.00632. The van der Waals surface area contributed by atoms with Gasteiger partial charge < -0.3 is 5.11 Å². The molecule has 0 aromatic carbocycles. The quantitative estimate of drug-likeness (QED) is 0.754. The number of hydrogen-bond acceptors (Lipinski definition) is 4. The van der Waals surface area contributed by atoms with Gasteiger partial charge in [-0.05, 0) is 26.0 Å². The van der Waals surface area contributed by atoms with E-state index in [9.17, 15) is 14.4 Å². The molecule has 0 aliphatic carbocycles. The van der Waals surface area contributed by atoms with Crippen LogP contribution in [0.15, 0.2) is 18.3 Å². The van der Waals surface area contributed by atoms with Crippen LogP contribution in [0.4, 0.5) is 0 Å². The largest absolute Gasteiger partial charge is 0.480 e. The molecule has 0 spiro atoms. The average molecular weight is 234 g/mol. The molecule has 2 rings (SSSR count). The number of rotatable bonds is 2. The van der Waals surface area contributed by atoms with E-state index < -0.39 is 23.3 Å². The van der Waals surface area contributed by atoms with Gasteiger partial charge >= 0.3 is 5.97 Å². The molecule has 1 aromatic rings. The van der Waals surface area contributed by atoms with Gasteiger partial charge in [0.05, 0.1) is 5.56 Å². The fourth-order valence-corrected chi connectivity index (χ4v) is 1.67. The van der Waals surface area contributed by atoms with Gasteiger partial charge in [0.1, 0.15) is 11.2 Å². The van der Waals surface area contributed by atoms with Crippen molar-refractivity contribution < 1.29 is 19.5 Å². The summed E-state index contributed by atoms with van der Waals surface area (Å²) >= 11 is 0. The van der Waals surface area contributed by atoms with Crippen LogP contribution in [0.5, 0.6) is 0 Å². The van der Waals surface area contributed by atoms with Crippen molar-refractivity contribution in [3.05, 3.63) is 29.6 Å². The molecule has 0 atom stereocenters. The van der Waals surface area contributed by atoms with Gasteiger partial charge in [0.25, 0.3) is 11.8 Å². The van der Waals surface area contributed by atoms with E-state index in [1.54, 1.807) is 0 Å². The Morgan fingerprint density at radius 1 is 1.35 bits per heavy atom. The van der Waals surface area contributed by atoms with Crippen LogP contribution < -0.4 is 0 Å². The number of carboxylic acids is 1. The second kappa shape index (κ2) is 3.38. The fraction of sp³-hybridized carbons (Fsp3) is 0.273. The minimum Gasteiger partial charge on any atom is -0.480 e.